The van der Waals surface area contributed by atoms with E-state index in [1.54, 1.807) is 0 Å². The fraction of sp³-hybridized carbons (Fsp3) is 0.583. The smallest absolute Gasteiger partial charge is 0.336 e. The average Bonchev–Trinajstić information content (AvgIpc) is 2.37. The van der Waals surface area contributed by atoms with Crippen LogP contribution in [0.25, 0.3) is 0 Å². The molecule has 1 saturated heterocycles. The van der Waals surface area contributed by atoms with E-state index in [0.717, 1.165) is 11.5 Å². The third-order valence-electron chi connectivity index (χ3n) is 2.84. The summed E-state index contributed by atoms with van der Waals surface area (Å²) >= 11 is 0. The number of methoxy groups -OCH3 is 1. The Morgan fingerprint density at radius 3 is 2.94 bits per heavy atom. The van der Waals surface area contributed by atoms with Crippen LogP contribution in [-0.2, 0) is 14.3 Å². The number of anilines is 1. The lowest BCUT2D eigenvalue weighted by Gasteiger charge is -2.36. The molecule has 0 amide bonds. The van der Waals surface area contributed by atoms with E-state index in [9.17, 15) is 4.79 Å². The van der Waals surface area contributed by atoms with Crippen LogP contribution in [0, 0.1) is 6.92 Å². The molecule has 0 aliphatic carbocycles. The Hall–Kier alpha value is -1.69. The highest BCUT2D eigenvalue weighted by molar-refractivity contribution is 5.75. The second-order valence-electron chi connectivity index (χ2n) is 4.38. The fourth-order valence-electron chi connectivity index (χ4n) is 2.01. The number of aromatic nitrogens is 2. The molecule has 1 aromatic rings. The van der Waals surface area contributed by atoms with E-state index in [2.05, 4.69) is 9.97 Å². The van der Waals surface area contributed by atoms with Crippen molar-refractivity contribution in [3.8, 4) is 0 Å². The number of carbonyl (C=O) groups is 1. The zero-order valence-electron chi connectivity index (χ0n) is 10.8. The van der Waals surface area contributed by atoms with Crippen LogP contribution in [0.1, 0.15) is 12.6 Å². The van der Waals surface area contributed by atoms with Gasteiger partial charge in [0.15, 0.2) is 6.10 Å². The number of hydrogen-bond donors (Lipinski definition) is 0. The first-order chi connectivity index (χ1) is 8.60. The van der Waals surface area contributed by atoms with E-state index < -0.39 is 6.10 Å². The molecule has 1 aliphatic rings. The van der Waals surface area contributed by atoms with Gasteiger partial charge >= 0.3 is 5.97 Å². The van der Waals surface area contributed by atoms with Crippen LogP contribution in [0.5, 0.6) is 0 Å². The highest BCUT2D eigenvalue weighted by Gasteiger charge is 2.31. The van der Waals surface area contributed by atoms with E-state index in [0.29, 0.717) is 13.1 Å². The van der Waals surface area contributed by atoms with Gasteiger partial charge in [0.1, 0.15) is 12.1 Å². The zero-order valence-corrected chi connectivity index (χ0v) is 10.8. The Kier molecular flexibility index (Phi) is 3.76. The van der Waals surface area contributed by atoms with E-state index >= 15 is 0 Å². The molecule has 2 rings (SSSR count). The van der Waals surface area contributed by atoms with Crippen molar-refractivity contribution < 1.29 is 14.3 Å². The Morgan fingerprint density at radius 2 is 2.28 bits per heavy atom. The number of ether oxygens (including phenoxy) is 2. The summed E-state index contributed by atoms with van der Waals surface area (Å²) in [6.07, 6.45) is 0.921. The van der Waals surface area contributed by atoms with Crippen LogP contribution < -0.4 is 4.90 Å². The molecule has 1 unspecified atom stereocenters. The minimum atomic E-state index is -0.561. The Balaban J connectivity index is 2.15. The van der Waals surface area contributed by atoms with Crippen molar-refractivity contribution in [3.05, 3.63) is 18.1 Å². The van der Waals surface area contributed by atoms with Crippen LogP contribution in [0.2, 0.25) is 0 Å². The highest BCUT2D eigenvalue weighted by atomic mass is 16.6. The van der Waals surface area contributed by atoms with E-state index in [-0.39, 0.29) is 12.1 Å². The summed E-state index contributed by atoms with van der Waals surface area (Å²) in [5.41, 5.74) is 0.897. The normalized spacial score (nSPS) is 23.8. The molecule has 1 aromatic heterocycles. The van der Waals surface area contributed by atoms with Crippen molar-refractivity contribution in [1.82, 2.24) is 9.97 Å². The van der Waals surface area contributed by atoms with E-state index in [1.165, 1.54) is 13.4 Å². The van der Waals surface area contributed by atoms with Crippen molar-refractivity contribution in [2.75, 3.05) is 25.1 Å². The Labute approximate surface area is 106 Å². The molecule has 0 aromatic carbocycles. The molecule has 2 heterocycles. The molecule has 18 heavy (non-hydrogen) atoms. The largest absolute Gasteiger partial charge is 0.467 e. The third-order valence-corrected chi connectivity index (χ3v) is 2.84. The van der Waals surface area contributed by atoms with Gasteiger partial charge in [-0.3, -0.25) is 0 Å². The molecule has 98 valence electrons. The molecular formula is C12H17N3O3. The summed E-state index contributed by atoms with van der Waals surface area (Å²) in [6, 6.07) is 1.90. The van der Waals surface area contributed by atoms with Gasteiger partial charge < -0.3 is 14.4 Å². The average molecular weight is 251 g/mol. The molecular weight excluding hydrogens is 234 g/mol. The Bertz CT molecular complexity index is 438. The number of hydrogen-bond acceptors (Lipinski definition) is 6. The van der Waals surface area contributed by atoms with Gasteiger partial charge in [0, 0.05) is 18.3 Å². The lowest BCUT2D eigenvalue weighted by Crippen LogP contribution is -2.50. The molecule has 2 atom stereocenters. The summed E-state index contributed by atoms with van der Waals surface area (Å²) in [5.74, 6) is 0.462. The van der Waals surface area contributed by atoms with Crippen molar-refractivity contribution in [3.63, 3.8) is 0 Å². The number of carbonyl (C=O) groups excluding carboxylic acids is 1. The summed E-state index contributed by atoms with van der Waals surface area (Å²) in [7, 11) is 1.37. The minimum absolute atomic E-state index is 0.0434. The quantitative estimate of drug-likeness (QED) is 0.715. The van der Waals surface area contributed by atoms with Gasteiger partial charge in [0.2, 0.25) is 0 Å². The monoisotopic (exact) mass is 251 g/mol. The summed E-state index contributed by atoms with van der Waals surface area (Å²) < 4.78 is 10.3. The van der Waals surface area contributed by atoms with Gasteiger partial charge in [-0.1, -0.05) is 0 Å². The SMILES string of the molecule is COC(=O)C1CN(c2cc(C)ncn2)C[C@H](C)O1. The molecule has 1 fully saturated rings. The standard InChI is InChI=1S/C12H17N3O3/c1-8-4-11(14-7-13-8)15-5-9(2)18-10(6-15)12(16)17-3/h4,7,9-10H,5-6H2,1-3H3/t9-,10?/m0/s1. The molecule has 0 radical (unpaired) electrons. The predicted octanol–water partition coefficient (Wildman–Crippen LogP) is 0.552. The second kappa shape index (κ2) is 5.30. The van der Waals surface area contributed by atoms with Crippen LogP contribution >= 0.6 is 0 Å². The third kappa shape index (κ3) is 2.76. The summed E-state index contributed by atoms with van der Waals surface area (Å²) in [4.78, 5) is 21.9. The van der Waals surface area contributed by atoms with Crippen molar-refractivity contribution in [2.45, 2.75) is 26.1 Å². The van der Waals surface area contributed by atoms with Gasteiger partial charge in [-0.05, 0) is 13.8 Å². The molecule has 0 N–H and O–H groups in total. The maximum atomic E-state index is 11.5. The van der Waals surface area contributed by atoms with Gasteiger partial charge in [-0.25, -0.2) is 14.8 Å². The minimum Gasteiger partial charge on any atom is -0.467 e. The van der Waals surface area contributed by atoms with Crippen molar-refractivity contribution in [2.24, 2.45) is 0 Å². The molecule has 0 spiro atoms. The topological polar surface area (TPSA) is 64.5 Å². The molecule has 0 bridgehead atoms. The lowest BCUT2D eigenvalue weighted by atomic mass is 10.2. The number of morpholine rings is 1. The van der Waals surface area contributed by atoms with Gasteiger partial charge in [0.05, 0.1) is 19.8 Å². The number of esters is 1. The zero-order chi connectivity index (χ0) is 13.1. The maximum Gasteiger partial charge on any atom is 0.336 e. The van der Waals surface area contributed by atoms with Crippen LogP contribution in [0.3, 0.4) is 0 Å². The van der Waals surface area contributed by atoms with Crippen LogP contribution in [-0.4, -0.2) is 48.3 Å². The number of rotatable bonds is 2. The van der Waals surface area contributed by atoms with Crippen molar-refractivity contribution >= 4 is 11.8 Å². The highest BCUT2D eigenvalue weighted by Crippen LogP contribution is 2.18. The van der Waals surface area contributed by atoms with Crippen LogP contribution in [0.15, 0.2) is 12.4 Å². The van der Waals surface area contributed by atoms with Crippen LogP contribution in [0.4, 0.5) is 5.82 Å². The van der Waals surface area contributed by atoms with E-state index in [4.69, 9.17) is 9.47 Å². The second-order valence-corrected chi connectivity index (χ2v) is 4.38. The van der Waals surface area contributed by atoms with Crippen molar-refractivity contribution in [1.29, 1.82) is 0 Å². The van der Waals surface area contributed by atoms with Gasteiger partial charge in [0.25, 0.3) is 0 Å². The van der Waals surface area contributed by atoms with E-state index in [1.807, 2.05) is 24.8 Å². The molecule has 6 nitrogen and oxygen atoms in total. The lowest BCUT2D eigenvalue weighted by molar-refractivity contribution is -0.158. The maximum absolute atomic E-state index is 11.5. The first kappa shape index (κ1) is 12.8. The summed E-state index contributed by atoms with van der Waals surface area (Å²) in [6.45, 7) is 4.99. The molecule has 6 heteroatoms. The predicted molar refractivity (Wildman–Crippen MR) is 65.3 cm³/mol. The summed E-state index contributed by atoms with van der Waals surface area (Å²) in [5, 5.41) is 0. The number of aryl methyl sites for hydroxylation is 1. The molecule has 1 aliphatic heterocycles. The first-order valence-electron chi connectivity index (χ1n) is 5.87. The van der Waals surface area contributed by atoms with Gasteiger partial charge in [-0.2, -0.15) is 0 Å². The fourth-order valence-corrected chi connectivity index (χ4v) is 2.01. The van der Waals surface area contributed by atoms with Gasteiger partial charge in [-0.15, -0.1) is 0 Å². The number of nitrogens with zero attached hydrogens (tertiary/aromatic N) is 3. The molecule has 0 saturated carbocycles. The first-order valence-corrected chi connectivity index (χ1v) is 5.87. The Morgan fingerprint density at radius 1 is 1.50 bits per heavy atom.